The lowest BCUT2D eigenvalue weighted by Crippen LogP contribution is -2.60. The summed E-state index contributed by atoms with van der Waals surface area (Å²) in [4.78, 5) is 11.4. The van der Waals surface area contributed by atoms with Gasteiger partial charge in [0.15, 0.2) is 6.29 Å². The molecule has 1 aliphatic carbocycles. The maximum Gasteiger partial charge on any atom is 0.335 e. The molecule has 11 heteroatoms. The van der Waals surface area contributed by atoms with Crippen molar-refractivity contribution in [1.82, 2.24) is 0 Å². The predicted molar refractivity (Wildman–Crippen MR) is 83.6 cm³/mol. The van der Waals surface area contributed by atoms with Crippen molar-refractivity contribution >= 4 is 5.97 Å². The Bertz CT molecular complexity index is 630. The van der Waals surface area contributed by atoms with E-state index in [4.69, 9.17) is 14.2 Å². The van der Waals surface area contributed by atoms with Crippen LogP contribution in [0.2, 0.25) is 0 Å². The number of aliphatic hydroxyl groups is 6. The number of hydrogen-bond acceptors (Lipinski definition) is 10. The van der Waals surface area contributed by atoms with E-state index in [1.807, 2.05) is 0 Å². The van der Waals surface area contributed by atoms with E-state index in [9.17, 15) is 40.5 Å². The minimum absolute atomic E-state index is 0.208. The maximum absolute atomic E-state index is 11.4. The molecule has 152 valence electrons. The van der Waals surface area contributed by atoms with Crippen LogP contribution in [-0.4, -0.2) is 98.0 Å². The average molecular weight is 390 g/mol. The summed E-state index contributed by atoms with van der Waals surface area (Å²) in [5, 5.41) is 68.0. The second-order valence-electron chi connectivity index (χ2n) is 6.66. The molecule has 0 aromatic heterocycles. The predicted octanol–water partition coefficient (Wildman–Crippen LogP) is -3.35. The Morgan fingerprint density at radius 2 is 1.74 bits per heavy atom. The van der Waals surface area contributed by atoms with Crippen LogP contribution in [0.5, 0.6) is 0 Å². The van der Waals surface area contributed by atoms with Crippen molar-refractivity contribution in [2.45, 2.75) is 43.1 Å². The van der Waals surface area contributed by atoms with Crippen molar-refractivity contribution < 1.29 is 54.8 Å². The number of hydrogen-bond donors (Lipinski definition) is 7. The smallest absolute Gasteiger partial charge is 0.335 e. The quantitative estimate of drug-likeness (QED) is 0.233. The largest absolute Gasteiger partial charge is 0.478 e. The average Bonchev–Trinajstić information content (AvgIpc) is 2.99. The molecule has 1 saturated heterocycles. The van der Waals surface area contributed by atoms with E-state index in [2.05, 4.69) is 0 Å². The Morgan fingerprint density at radius 1 is 1.04 bits per heavy atom. The van der Waals surface area contributed by atoms with E-state index in [1.54, 1.807) is 0 Å². The minimum atomic E-state index is -1.68. The highest BCUT2D eigenvalue weighted by molar-refractivity contribution is 5.87. The zero-order valence-electron chi connectivity index (χ0n) is 14.0. The number of ether oxygens (including phenoxy) is 3. The van der Waals surface area contributed by atoms with Crippen LogP contribution < -0.4 is 0 Å². The SMILES string of the molecule is O=C(O)C1=CO[C@@H](O[C@@H]2O[C@H](CO)[C@@H](O)[C@H](O)[C@H]2O)[C@@H]2C(CO)=CC(O)[C@H]12. The summed E-state index contributed by atoms with van der Waals surface area (Å²) in [7, 11) is 0. The molecule has 2 aliphatic heterocycles. The molecule has 7 N–H and O–H groups in total. The molecule has 0 aromatic rings. The number of carboxylic acids is 1. The van der Waals surface area contributed by atoms with E-state index in [0.717, 1.165) is 6.26 Å². The lowest BCUT2D eigenvalue weighted by Gasteiger charge is -2.43. The van der Waals surface area contributed by atoms with Gasteiger partial charge in [0, 0.05) is 5.92 Å². The van der Waals surface area contributed by atoms with Crippen LogP contribution >= 0.6 is 0 Å². The van der Waals surface area contributed by atoms with Crippen molar-refractivity contribution in [3.63, 3.8) is 0 Å². The molecule has 0 aromatic carbocycles. The highest BCUT2D eigenvalue weighted by Crippen LogP contribution is 2.44. The fraction of sp³-hybridized carbons (Fsp3) is 0.688. The number of aliphatic carboxylic acids is 1. The maximum atomic E-state index is 11.4. The monoisotopic (exact) mass is 390 g/mol. The summed E-state index contributed by atoms with van der Waals surface area (Å²) < 4.78 is 16.1. The molecule has 11 nitrogen and oxygen atoms in total. The van der Waals surface area contributed by atoms with Crippen LogP contribution in [0.25, 0.3) is 0 Å². The van der Waals surface area contributed by atoms with Gasteiger partial charge in [-0.25, -0.2) is 4.79 Å². The zero-order chi connectivity index (χ0) is 19.9. The second-order valence-corrected chi connectivity index (χ2v) is 6.66. The molecule has 0 radical (unpaired) electrons. The van der Waals surface area contributed by atoms with Crippen molar-refractivity contribution in [2.24, 2.45) is 11.8 Å². The molecule has 0 saturated carbocycles. The first kappa shape index (κ1) is 20.2. The van der Waals surface area contributed by atoms with Gasteiger partial charge in [0.2, 0.25) is 6.29 Å². The van der Waals surface area contributed by atoms with Gasteiger partial charge in [-0.3, -0.25) is 0 Å². The lowest BCUT2D eigenvalue weighted by atomic mass is 9.82. The Morgan fingerprint density at radius 3 is 2.33 bits per heavy atom. The molecule has 9 atom stereocenters. The summed E-state index contributed by atoms with van der Waals surface area (Å²) in [6, 6.07) is 0. The highest BCUT2D eigenvalue weighted by atomic mass is 16.8. The molecule has 3 rings (SSSR count). The number of aliphatic hydroxyl groups excluding tert-OH is 6. The third-order valence-electron chi connectivity index (χ3n) is 5.10. The van der Waals surface area contributed by atoms with E-state index in [0.29, 0.717) is 0 Å². The molecule has 0 spiro atoms. The third-order valence-corrected chi connectivity index (χ3v) is 5.10. The third kappa shape index (κ3) is 3.48. The van der Waals surface area contributed by atoms with E-state index < -0.39 is 74.1 Å². The fourth-order valence-corrected chi connectivity index (χ4v) is 3.68. The zero-order valence-corrected chi connectivity index (χ0v) is 14.0. The first-order valence-corrected chi connectivity index (χ1v) is 8.34. The molecule has 1 fully saturated rings. The summed E-state index contributed by atoms with van der Waals surface area (Å²) in [5.74, 6) is -3.13. The topological polar surface area (TPSA) is 186 Å². The second kappa shape index (κ2) is 7.81. The van der Waals surface area contributed by atoms with Crippen molar-refractivity contribution in [2.75, 3.05) is 13.2 Å². The molecule has 0 bridgehead atoms. The standard InChI is InChI=1S/C16H22O11/c17-2-5-1-7(19)10-6(14(23)24)4-25-15(9(5)10)27-16-13(22)12(21)11(20)8(3-18)26-16/h1,4,7-13,15-22H,2-3H2,(H,23,24)/t7?,8-,9-,10+,11-,12+,13-,15+,16+/m1/s1. The molecule has 1 unspecified atom stereocenters. The van der Waals surface area contributed by atoms with E-state index >= 15 is 0 Å². The Labute approximate surface area is 153 Å². The Balaban J connectivity index is 1.84. The van der Waals surface area contributed by atoms with Gasteiger partial charge in [0.25, 0.3) is 0 Å². The molecular weight excluding hydrogens is 368 g/mol. The van der Waals surface area contributed by atoms with Gasteiger partial charge in [-0.15, -0.1) is 0 Å². The summed E-state index contributed by atoms with van der Waals surface area (Å²) in [6.45, 7) is -1.13. The first-order chi connectivity index (χ1) is 12.8. The van der Waals surface area contributed by atoms with E-state index in [-0.39, 0.29) is 11.1 Å². The summed E-state index contributed by atoms with van der Waals surface area (Å²) in [5.41, 5.74) is 0.0785. The normalized spacial score (nSPS) is 44.1. The molecule has 3 aliphatic rings. The molecule has 2 heterocycles. The molecule has 27 heavy (non-hydrogen) atoms. The van der Waals surface area contributed by atoms with Gasteiger partial charge in [0.1, 0.15) is 24.4 Å². The van der Waals surface area contributed by atoms with Crippen molar-refractivity contribution in [3.8, 4) is 0 Å². The van der Waals surface area contributed by atoms with Crippen LogP contribution in [-0.2, 0) is 19.0 Å². The number of carboxylic acid groups (broad SMARTS) is 1. The van der Waals surface area contributed by atoms with Crippen LogP contribution in [0.3, 0.4) is 0 Å². The number of rotatable bonds is 5. The van der Waals surface area contributed by atoms with Crippen molar-refractivity contribution in [3.05, 3.63) is 23.5 Å². The molecular formula is C16H22O11. The van der Waals surface area contributed by atoms with Gasteiger partial charge < -0.3 is 50.0 Å². The first-order valence-electron chi connectivity index (χ1n) is 8.34. The summed E-state index contributed by atoms with van der Waals surface area (Å²) >= 11 is 0. The number of fused-ring (bicyclic) bond motifs is 1. The van der Waals surface area contributed by atoms with E-state index in [1.165, 1.54) is 6.08 Å². The van der Waals surface area contributed by atoms with Crippen LogP contribution in [0.4, 0.5) is 0 Å². The lowest BCUT2D eigenvalue weighted by molar-refractivity contribution is -0.340. The van der Waals surface area contributed by atoms with Crippen molar-refractivity contribution in [1.29, 1.82) is 0 Å². The van der Waals surface area contributed by atoms with Gasteiger partial charge >= 0.3 is 5.97 Å². The highest BCUT2D eigenvalue weighted by Gasteiger charge is 2.51. The summed E-state index contributed by atoms with van der Waals surface area (Å²) in [6.07, 6.45) is -7.83. The van der Waals surface area contributed by atoms with Crippen LogP contribution in [0.1, 0.15) is 0 Å². The van der Waals surface area contributed by atoms with Gasteiger partial charge in [-0.1, -0.05) is 6.08 Å². The van der Waals surface area contributed by atoms with Crippen LogP contribution in [0, 0.1) is 11.8 Å². The molecule has 0 amide bonds. The van der Waals surface area contributed by atoms with Gasteiger partial charge in [-0.05, 0) is 5.57 Å². The Hall–Kier alpha value is -1.57. The van der Waals surface area contributed by atoms with Gasteiger partial charge in [0.05, 0.1) is 37.1 Å². The number of carbonyl (C=O) groups is 1. The fourth-order valence-electron chi connectivity index (χ4n) is 3.68. The minimum Gasteiger partial charge on any atom is -0.478 e. The Kier molecular flexibility index (Phi) is 5.84. The van der Waals surface area contributed by atoms with Crippen LogP contribution in [0.15, 0.2) is 23.5 Å². The van der Waals surface area contributed by atoms with Gasteiger partial charge in [-0.2, -0.15) is 0 Å².